The van der Waals surface area contributed by atoms with Crippen LogP contribution in [0.15, 0.2) is 12.3 Å². The van der Waals surface area contributed by atoms with Crippen LogP contribution in [-0.4, -0.2) is 23.2 Å². The quantitative estimate of drug-likeness (QED) is 0.822. The van der Waals surface area contributed by atoms with Crippen LogP contribution in [0.2, 0.25) is 5.15 Å². The van der Waals surface area contributed by atoms with Gasteiger partial charge in [-0.3, -0.25) is 0 Å². The van der Waals surface area contributed by atoms with Crippen LogP contribution in [0.4, 0.5) is 5.69 Å². The summed E-state index contributed by atoms with van der Waals surface area (Å²) in [5.41, 5.74) is 2.03. The average Bonchev–Trinajstić information content (AvgIpc) is 2.22. The fraction of sp³-hybridized carbons (Fsp3) is 0.615. The lowest BCUT2D eigenvalue weighted by Crippen LogP contribution is -2.40. The molecule has 0 spiro atoms. The standard InChI is InChI=1S/C13H19ClN2O/c1-9-4-6-15-12(14)11(9)16-10-5-7-17-13(2,3)8-10/h4,6,10,16H,5,7-8H2,1-3H3. The van der Waals surface area contributed by atoms with Crippen molar-refractivity contribution in [2.45, 2.75) is 45.3 Å². The van der Waals surface area contributed by atoms with Crippen LogP contribution in [0, 0.1) is 6.92 Å². The second-order valence-electron chi connectivity index (χ2n) is 5.24. The third kappa shape index (κ3) is 3.11. The fourth-order valence-corrected chi connectivity index (χ4v) is 2.52. The largest absolute Gasteiger partial charge is 0.379 e. The molecule has 1 aromatic heterocycles. The predicted molar refractivity (Wildman–Crippen MR) is 70.7 cm³/mol. The number of nitrogens with zero attached hydrogens (tertiary/aromatic N) is 1. The minimum absolute atomic E-state index is 0.0570. The maximum Gasteiger partial charge on any atom is 0.152 e. The molecule has 2 rings (SSSR count). The van der Waals surface area contributed by atoms with Crippen molar-refractivity contribution in [3.05, 3.63) is 23.0 Å². The van der Waals surface area contributed by atoms with Gasteiger partial charge in [-0.2, -0.15) is 0 Å². The highest BCUT2D eigenvalue weighted by molar-refractivity contribution is 6.32. The zero-order valence-electron chi connectivity index (χ0n) is 10.6. The number of hydrogen-bond donors (Lipinski definition) is 1. The van der Waals surface area contributed by atoms with E-state index in [0.717, 1.165) is 30.7 Å². The van der Waals surface area contributed by atoms with Gasteiger partial charge in [0.2, 0.25) is 0 Å². The van der Waals surface area contributed by atoms with Crippen LogP contribution in [0.3, 0.4) is 0 Å². The molecule has 1 N–H and O–H groups in total. The lowest BCUT2D eigenvalue weighted by atomic mass is 9.93. The molecule has 1 unspecified atom stereocenters. The van der Waals surface area contributed by atoms with Gasteiger partial charge in [-0.25, -0.2) is 4.98 Å². The highest BCUT2D eigenvalue weighted by Gasteiger charge is 2.29. The Kier molecular flexibility index (Phi) is 3.59. The van der Waals surface area contributed by atoms with Crippen LogP contribution < -0.4 is 5.32 Å². The zero-order chi connectivity index (χ0) is 12.5. The van der Waals surface area contributed by atoms with Crippen LogP contribution in [0.5, 0.6) is 0 Å². The molecule has 1 aliphatic heterocycles. The number of ether oxygens (including phenoxy) is 1. The molecule has 1 saturated heterocycles. The van der Waals surface area contributed by atoms with E-state index < -0.39 is 0 Å². The van der Waals surface area contributed by atoms with E-state index in [1.165, 1.54) is 0 Å². The molecule has 0 radical (unpaired) electrons. The SMILES string of the molecule is Cc1ccnc(Cl)c1NC1CCOC(C)(C)C1. The summed E-state index contributed by atoms with van der Waals surface area (Å²) < 4.78 is 5.71. The van der Waals surface area contributed by atoms with E-state index in [4.69, 9.17) is 16.3 Å². The summed E-state index contributed by atoms with van der Waals surface area (Å²) in [6.45, 7) is 7.08. The van der Waals surface area contributed by atoms with E-state index >= 15 is 0 Å². The van der Waals surface area contributed by atoms with Gasteiger partial charge in [0.15, 0.2) is 5.15 Å². The van der Waals surface area contributed by atoms with Crippen molar-refractivity contribution in [3.8, 4) is 0 Å². The molecule has 1 aromatic rings. The Hall–Kier alpha value is -0.800. The molecule has 0 bridgehead atoms. The van der Waals surface area contributed by atoms with Crippen LogP contribution in [-0.2, 0) is 4.74 Å². The summed E-state index contributed by atoms with van der Waals surface area (Å²) in [7, 11) is 0. The highest BCUT2D eigenvalue weighted by atomic mass is 35.5. The average molecular weight is 255 g/mol. The van der Waals surface area contributed by atoms with Gasteiger partial charge < -0.3 is 10.1 Å². The molecular weight excluding hydrogens is 236 g/mol. The van der Waals surface area contributed by atoms with Gasteiger partial charge in [0.1, 0.15) is 0 Å². The second kappa shape index (κ2) is 4.83. The zero-order valence-corrected chi connectivity index (χ0v) is 11.3. The molecule has 17 heavy (non-hydrogen) atoms. The maximum absolute atomic E-state index is 6.11. The van der Waals surface area contributed by atoms with Crippen LogP contribution in [0.25, 0.3) is 0 Å². The Bertz CT molecular complexity index is 386. The molecule has 0 aliphatic carbocycles. The van der Waals surface area contributed by atoms with Gasteiger partial charge in [0.25, 0.3) is 0 Å². The number of halogens is 1. The fourth-order valence-electron chi connectivity index (χ4n) is 2.26. The molecule has 4 heteroatoms. The third-order valence-electron chi connectivity index (χ3n) is 3.16. The van der Waals surface area contributed by atoms with Gasteiger partial charge in [-0.15, -0.1) is 0 Å². The monoisotopic (exact) mass is 254 g/mol. The van der Waals surface area contributed by atoms with Crippen molar-refractivity contribution < 1.29 is 4.74 Å². The van der Waals surface area contributed by atoms with E-state index in [9.17, 15) is 0 Å². The number of aryl methyl sites for hydroxylation is 1. The Labute approximate surface area is 108 Å². The van der Waals surface area contributed by atoms with Gasteiger partial charge in [-0.1, -0.05) is 11.6 Å². The summed E-state index contributed by atoms with van der Waals surface area (Å²) in [5.74, 6) is 0. The predicted octanol–water partition coefficient (Wildman–Crippen LogP) is 3.41. The Morgan fingerprint density at radius 3 is 2.94 bits per heavy atom. The maximum atomic E-state index is 6.11. The van der Waals surface area contributed by atoms with Crippen molar-refractivity contribution in [1.29, 1.82) is 0 Å². The first-order valence-corrected chi connectivity index (χ1v) is 6.37. The summed E-state index contributed by atoms with van der Waals surface area (Å²) in [4.78, 5) is 4.11. The lowest BCUT2D eigenvalue weighted by Gasteiger charge is -2.36. The smallest absolute Gasteiger partial charge is 0.152 e. The summed E-state index contributed by atoms with van der Waals surface area (Å²) in [5, 5.41) is 4.05. The van der Waals surface area contributed by atoms with Crippen LogP contribution in [0.1, 0.15) is 32.3 Å². The number of hydrogen-bond acceptors (Lipinski definition) is 3. The number of aromatic nitrogens is 1. The Morgan fingerprint density at radius 1 is 1.53 bits per heavy atom. The van der Waals surface area contributed by atoms with E-state index in [2.05, 4.69) is 24.1 Å². The summed E-state index contributed by atoms with van der Waals surface area (Å²) >= 11 is 6.11. The van der Waals surface area contributed by atoms with Crippen molar-refractivity contribution in [3.63, 3.8) is 0 Å². The summed E-state index contributed by atoms with van der Waals surface area (Å²) in [6.07, 6.45) is 3.72. The normalized spacial score (nSPS) is 23.4. The van der Waals surface area contributed by atoms with Crippen molar-refractivity contribution in [1.82, 2.24) is 4.98 Å². The molecule has 1 atom stereocenters. The van der Waals surface area contributed by atoms with Crippen molar-refractivity contribution in [2.24, 2.45) is 0 Å². The lowest BCUT2D eigenvalue weighted by molar-refractivity contribution is -0.0553. The Balaban J connectivity index is 2.10. The van der Waals surface area contributed by atoms with Gasteiger partial charge in [0.05, 0.1) is 11.3 Å². The molecule has 1 aliphatic rings. The minimum atomic E-state index is -0.0570. The number of pyridine rings is 1. The molecule has 0 aromatic carbocycles. The molecule has 94 valence electrons. The number of anilines is 1. The Morgan fingerprint density at radius 2 is 2.29 bits per heavy atom. The van der Waals surface area contributed by atoms with E-state index in [0.29, 0.717) is 11.2 Å². The molecule has 3 nitrogen and oxygen atoms in total. The number of nitrogens with one attached hydrogen (secondary N) is 1. The van der Waals surface area contributed by atoms with Gasteiger partial charge in [-0.05, 0) is 45.2 Å². The first-order chi connectivity index (χ1) is 7.98. The van der Waals surface area contributed by atoms with Gasteiger partial charge in [0, 0.05) is 18.8 Å². The third-order valence-corrected chi connectivity index (χ3v) is 3.45. The van der Waals surface area contributed by atoms with Crippen molar-refractivity contribution in [2.75, 3.05) is 11.9 Å². The second-order valence-corrected chi connectivity index (χ2v) is 5.59. The number of rotatable bonds is 2. The molecule has 1 fully saturated rings. The first kappa shape index (κ1) is 12.7. The molecule has 0 saturated carbocycles. The van der Waals surface area contributed by atoms with Crippen molar-refractivity contribution >= 4 is 17.3 Å². The molecule has 2 heterocycles. The first-order valence-electron chi connectivity index (χ1n) is 5.99. The minimum Gasteiger partial charge on any atom is -0.379 e. The van der Waals surface area contributed by atoms with E-state index in [-0.39, 0.29) is 5.60 Å². The topological polar surface area (TPSA) is 34.2 Å². The molecule has 0 amide bonds. The van der Waals surface area contributed by atoms with Crippen LogP contribution >= 0.6 is 11.6 Å². The van der Waals surface area contributed by atoms with Gasteiger partial charge >= 0.3 is 0 Å². The highest BCUT2D eigenvalue weighted by Crippen LogP contribution is 2.29. The molecular formula is C13H19ClN2O. The summed E-state index contributed by atoms with van der Waals surface area (Å²) in [6, 6.07) is 2.37. The van der Waals surface area contributed by atoms with E-state index in [1.54, 1.807) is 6.20 Å². The van der Waals surface area contributed by atoms with E-state index in [1.807, 2.05) is 13.0 Å².